The number of rotatable bonds is 8. The molecule has 1 unspecified atom stereocenters. The minimum absolute atomic E-state index is 0.303. The molecular formula is C14H24Cl2N2. The topological polar surface area (TPSA) is 17.8 Å². The lowest BCUT2D eigenvalue weighted by molar-refractivity contribution is 0.582. The SMILES string of the molecule is CCCC(Cl)CCCc1c(Cl)c(CC)nn1CC. The van der Waals surface area contributed by atoms with Crippen LogP contribution in [-0.4, -0.2) is 15.2 Å². The summed E-state index contributed by atoms with van der Waals surface area (Å²) < 4.78 is 2.03. The third-order valence-corrected chi connectivity index (χ3v) is 4.10. The maximum absolute atomic E-state index is 6.37. The highest BCUT2D eigenvalue weighted by Crippen LogP contribution is 2.24. The van der Waals surface area contributed by atoms with Gasteiger partial charge in [0.15, 0.2) is 0 Å². The van der Waals surface area contributed by atoms with Crippen molar-refractivity contribution < 1.29 is 0 Å². The van der Waals surface area contributed by atoms with E-state index in [2.05, 4.69) is 25.9 Å². The Kier molecular flexibility index (Phi) is 7.10. The second kappa shape index (κ2) is 8.06. The lowest BCUT2D eigenvalue weighted by Gasteiger charge is -2.08. The van der Waals surface area contributed by atoms with Crippen LogP contribution in [0.4, 0.5) is 0 Å². The summed E-state index contributed by atoms with van der Waals surface area (Å²) in [4.78, 5) is 0. The molecule has 1 aromatic heterocycles. The van der Waals surface area contributed by atoms with Crippen LogP contribution in [0.3, 0.4) is 0 Å². The van der Waals surface area contributed by atoms with E-state index < -0.39 is 0 Å². The summed E-state index contributed by atoms with van der Waals surface area (Å²) >= 11 is 12.6. The van der Waals surface area contributed by atoms with Gasteiger partial charge in [0, 0.05) is 11.9 Å². The zero-order valence-electron chi connectivity index (χ0n) is 11.7. The molecule has 18 heavy (non-hydrogen) atoms. The average Bonchev–Trinajstić information content (AvgIpc) is 2.66. The van der Waals surface area contributed by atoms with Gasteiger partial charge in [0.1, 0.15) is 0 Å². The molecule has 0 radical (unpaired) electrons. The molecule has 2 nitrogen and oxygen atoms in total. The Hall–Kier alpha value is -0.210. The van der Waals surface area contributed by atoms with Gasteiger partial charge in [-0.2, -0.15) is 5.10 Å². The molecule has 0 saturated heterocycles. The molecule has 0 spiro atoms. The molecule has 0 bridgehead atoms. The zero-order chi connectivity index (χ0) is 13.5. The van der Waals surface area contributed by atoms with E-state index in [1.807, 2.05) is 4.68 Å². The normalized spacial score (nSPS) is 12.9. The van der Waals surface area contributed by atoms with Crippen LogP contribution in [0.25, 0.3) is 0 Å². The number of hydrogen-bond donors (Lipinski definition) is 0. The molecule has 0 aliphatic carbocycles. The number of halogens is 2. The lowest BCUT2D eigenvalue weighted by Crippen LogP contribution is -2.05. The van der Waals surface area contributed by atoms with E-state index in [4.69, 9.17) is 23.2 Å². The highest BCUT2D eigenvalue weighted by molar-refractivity contribution is 6.31. The van der Waals surface area contributed by atoms with Gasteiger partial charge in [-0.25, -0.2) is 0 Å². The van der Waals surface area contributed by atoms with Gasteiger partial charge in [-0.1, -0.05) is 31.9 Å². The van der Waals surface area contributed by atoms with Crippen molar-refractivity contribution in [3.05, 3.63) is 16.4 Å². The Morgan fingerprint density at radius 3 is 2.50 bits per heavy atom. The summed E-state index contributed by atoms with van der Waals surface area (Å²) in [6.45, 7) is 7.25. The van der Waals surface area contributed by atoms with Crippen molar-refractivity contribution >= 4 is 23.2 Å². The molecule has 0 aromatic carbocycles. The maximum atomic E-state index is 6.37. The molecule has 1 aromatic rings. The van der Waals surface area contributed by atoms with E-state index in [-0.39, 0.29) is 0 Å². The van der Waals surface area contributed by atoms with Crippen LogP contribution in [0.1, 0.15) is 57.8 Å². The molecule has 0 saturated carbocycles. The third-order valence-electron chi connectivity index (χ3n) is 3.23. The van der Waals surface area contributed by atoms with Gasteiger partial charge in [0.05, 0.1) is 16.4 Å². The summed E-state index contributed by atoms with van der Waals surface area (Å²) in [5.74, 6) is 0. The van der Waals surface area contributed by atoms with Crippen LogP contribution in [0.2, 0.25) is 5.02 Å². The van der Waals surface area contributed by atoms with Crippen LogP contribution in [-0.2, 0) is 19.4 Å². The molecule has 104 valence electrons. The Balaban J connectivity index is 2.58. The first-order valence-corrected chi connectivity index (χ1v) is 7.83. The van der Waals surface area contributed by atoms with Crippen LogP contribution >= 0.6 is 23.2 Å². The van der Waals surface area contributed by atoms with Gasteiger partial charge in [-0.15, -0.1) is 11.6 Å². The van der Waals surface area contributed by atoms with Crippen molar-refractivity contribution in [1.29, 1.82) is 0 Å². The van der Waals surface area contributed by atoms with Crippen molar-refractivity contribution in [2.75, 3.05) is 0 Å². The summed E-state index contributed by atoms with van der Waals surface area (Å²) in [5, 5.41) is 5.70. The smallest absolute Gasteiger partial charge is 0.0849 e. The number of aromatic nitrogens is 2. The highest BCUT2D eigenvalue weighted by Gasteiger charge is 2.14. The van der Waals surface area contributed by atoms with Gasteiger partial charge in [0.2, 0.25) is 0 Å². The maximum Gasteiger partial charge on any atom is 0.0849 e. The van der Waals surface area contributed by atoms with Gasteiger partial charge < -0.3 is 0 Å². The van der Waals surface area contributed by atoms with Crippen molar-refractivity contribution in [2.45, 2.75) is 71.2 Å². The number of aryl methyl sites for hydroxylation is 2. The van der Waals surface area contributed by atoms with Crippen LogP contribution in [0.5, 0.6) is 0 Å². The first kappa shape index (κ1) is 15.8. The Labute approximate surface area is 121 Å². The van der Waals surface area contributed by atoms with Crippen molar-refractivity contribution in [3.8, 4) is 0 Å². The molecule has 0 aliphatic heterocycles. The lowest BCUT2D eigenvalue weighted by atomic mass is 10.1. The van der Waals surface area contributed by atoms with Crippen molar-refractivity contribution in [2.24, 2.45) is 0 Å². The fourth-order valence-electron chi connectivity index (χ4n) is 2.20. The van der Waals surface area contributed by atoms with Crippen LogP contribution in [0.15, 0.2) is 0 Å². The molecule has 1 heterocycles. The van der Waals surface area contributed by atoms with Gasteiger partial charge in [-0.05, 0) is 39.0 Å². The van der Waals surface area contributed by atoms with E-state index in [1.54, 1.807) is 0 Å². The van der Waals surface area contributed by atoms with Gasteiger partial charge in [0.25, 0.3) is 0 Å². The molecule has 0 N–H and O–H groups in total. The second-order valence-electron chi connectivity index (χ2n) is 4.65. The van der Waals surface area contributed by atoms with Crippen molar-refractivity contribution in [3.63, 3.8) is 0 Å². The number of nitrogens with zero attached hydrogens (tertiary/aromatic N) is 2. The Morgan fingerprint density at radius 1 is 1.22 bits per heavy atom. The Morgan fingerprint density at radius 2 is 1.94 bits per heavy atom. The Bertz CT molecular complexity index is 361. The third kappa shape index (κ3) is 4.17. The monoisotopic (exact) mass is 290 g/mol. The van der Waals surface area contributed by atoms with Crippen LogP contribution in [0, 0.1) is 0 Å². The molecular weight excluding hydrogens is 267 g/mol. The van der Waals surface area contributed by atoms with Crippen LogP contribution < -0.4 is 0 Å². The standard InChI is InChI=1S/C14H24Cl2N2/c1-4-8-11(15)9-7-10-13-14(16)12(5-2)17-18(13)6-3/h11H,4-10H2,1-3H3. The minimum Gasteiger partial charge on any atom is -0.268 e. The zero-order valence-corrected chi connectivity index (χ0v) is 13.2. The quantitative estimate of drug-likeness (QED) is 0.626. The van der Waals surface area contributed by atoms with E-state index in [0.29, 0.717) is 5.38 Å². The second-order valence-corrected chi connectivity index (χ2v) is 5.65. The number of hydrogen-bond acceptors (Lipinski definition) is 1. The average molecular weight is 291 g/mol. The fourth-order valence-corrected chi connectivity index (χ4v) is 2.94. The van der Waals surface area contributed by atoms with E-state index in [0.717, 1.165) is 55.8 Å². The predicted octanol–water partition coefficient (Wildman–Crippen LogP) is 4.85. The largest absolute Gasteiger partial charge is 0.268 e. The summed E-state index contributed by atoms with van der Waals surface area (Å²) in [6, 6.07) is 0. The minimum atomic E-state index is 0.303. The molecule has 1 rings (SSSR count). The summed E-state index contributed by atoms with van der Waals surface area (Å²) in [7, 11) is 0. The van der Waals surface area contributed by atoms with E-state index >= 15 is 0 Å². The summed E-state index contributed by atoms with van der Waals surface area (Å²) in [6.07, 6.45) is 6.27. The molecule has 4 heteroatoms. The summed E-state index contributed by atoms with van der Waals surface area (Å²) in [5.41, 5.74) is 2.20. The van der Waals surface area contributed by atoms with E-state index in [1.165, 1.54) is 5.69 Å². The van der Waals surface area contributed by atoms with Crippen molar-refractivity contribution in [1.82, 2.24) is 9.78 Å². The fraction of sp³-hybridized carbons (Fsp3) is 0.786. The van der Waals surface area contributed by atoms with E-state index in [9.17, 15) is 0 Å². The first-order chi connectivity index (χ1) is 8.63. The van der Waals surface area contributed by atoms with Gasteiger partial charge >= 0.3 is 0 Å². The molecule has 0 amide bonds. The van der Waals surface area contributed by atoms with Gasteiger partial charge in [-0.3, -0.25) is 4.68 Å². The molecule has 0 aliphatic rings. The predicted molar refractivity (Wildman–Crippen MR) is 79.8 cm³/mol. The molecule has 0 fully saturated rings. The highest BCUT2D eigenvalue weighted by atomic mass is 35.5. The number of alkyl halides is 1. The molecule has 1 atom stereocenters. The first-order valence-electron chi connectivity index (χ1n) is 7.02.